The number of aromatic nitrogens is 1. The summed E-state index contributed by atoms with van der Waals surface area (Å²) in [6.45, 7) is 10.6. The number of hydrogen-bond donors (Lipinski definition) is 3. The molecule has 1 saturated carbocycles. The van der Waals surface area contributed by atoms with Crippen LogP contribution in [0.25, 0.3) is 0 Å². The van der Waals surface area contributed by atoms with Crippen LogP contribution in [0.15, 0.2) is 72.9 Å². The molecule has 2 amide bonds. The summed E-state index contributed by atoms with van der Waals surface area (Å²) in [5, 5.41) is 14.4. The van der Waals surface area contributed by atoms with Crippen LogP contribution in [0, 0.1) is 11.7 Å². The van der Waals surface area contributed by atoms with E-state index in [1.807, 2.05) is 39.0 Å². The van der Waals surface area contributed by atoms with Crippen molar-refractivity contribution in [3.8, 4) is 0 Å². The van der Waals surface area contributed by atoms with Gasteiger partial charge in [-0.2, -0.15) is 0 Å². The maximum absolute atomic E-state index is 15.6. The molecular weight excluding hydrogens is 631 g/mol. The summed E-state index contributed by atoms with van der Waals surface area (Å²) >= 11 is -1.53. The molecule has 2 unspecified atom stereocenters. The molecule has 4 atom stereocenters. The van der Waals surface area contributed by atoms with Gasteiger partial charge in [-0.1, -0.05) is 55.3 Å². The fraction of sp³-hybridized carbons (Fsp3) is 0.486. The zero-order valence-corrected chi connectivity index (χ0v) is 29.4. The van der Waals surface area contributed by atoms with Crippen molar-refractivity contribution in [2.45, 2.75) is 101 Å². The number of carbonyl (C=O) groups excluding carboxylic acids is 2. The number of carbonyl (C=O) groups is 2. The summed E-state index contributed by atoms with van der Waals surface area (Å²) in [5.74, 6) is -0.806. The molecule has 2 fully saturated rings. The number of nitrogens with one attached hydrogen (secondary N) is 2. The Kier molecular flexibility index (Phi) is 10.3. The Balaban J connectivity index is 1.52. The first-order valence-corrected chi connectivity index (χ1v) is 17.7. The van der Waals surface area contributed by atoms with Gasteiger partial charge in [0.15, 0.2) is 0 Å². The van der Waals surface area contributed by atoms with Crippen LogP contribution in [0.3, 0.4) is 0 Å². The smallest absolute Gasteiger partial charge is 0.411 e. The molecule has 1 aliphatic heterocycles. The Labute approximate surface area is 286 Å². The molecule has 2 aliphatic rings. The SMILES string of the molecule is CC(C)(C)OC(=O)N1C[C@@](O)(c2ccccc2)C[C@@H]1C(=O)Nc1cc(C(CCC2CC2)(N[S+]([O-])C(C)(C)C)c2ccccn2)ccc1F. The summed E-state index contributed by atoms with van der Waals surface area (Å²) in [6, 6.07) is 17.7. The van der Waals surface area contributed by atoms with Gasteiger partial charge in [-0.05, 0) is 95.7 Å². The topological polar surface area (TPSA) is 127 Å². The standard InChI is InChI=1S/C37H47FN4O5S/c1-34(2,3)47-33(44)42-24-36(45,26-12-8-7-9-13-26)23-30(42)32(43)40-29-22-27(17-18-28(29)38)37(20-19-25-15-16-25,31-14-10-11-21-39-31)41-48(46)35(4,5)6/h7-14,17-18,21-22,25,30,41,45H,15-16,19-20,23-24H2,1-6H3,(H,40,43)/t30-,36-,37?,48?/m1/s1. The molecule has 5 rings (SSSR count). The maximum atomic E-state index is 15.6. The van der Waals surface area contributed by atoms with Crippen molar-refractivity contribution in [3.05, 3.63) is 95.6 Å². The van der Waals surface area contributed by atoms with E-state index in [1.54, 1.807) is 69.4 Å². The highest BCUT2D eigenvalue weighted by atomic mass is 32.2. The molecule has 1 aromatic heterocycles. The van der Waals surface area contributed by atoms with E-state index < -0.39 is 56.7 Å². The van der Waals surface area contributed by atoms with Crippen LogP contribution in [0.5, 0.6) is 0 Å². The first-order chi connectivity index (χ1) is 22.5. The third-order valence-corrected chi connectivity index (χ3v) is 10.5. The normalized spacial score (nSPS) is 21.8. The van der Waals surface area contributed by atoms with Gasteiger partial charge in [-0.3, -0.25) is 14.7 Å². The van der Waals surface area contributed by atoms with E-state index in [-0.39, 0.29) is 18.7 Å². The predicted molar refractivity (Wildman–Crippen MR) is 185 cm³/mol. The average Bonchev–Trinajstić information content (AvgIpc) is 3.79. The minimum Gasteiger partial charge on any atom is -0.598 e. The Morgan fingerprint density at radius 3 is 2.35 bits per heavy atom. The quantitative estimate of drug-likeness (QED) is 0.208. The second kappa shape index (κ2) is 13.8. The number of hydrogen-bond acceptors (Lipinski definition) is 7. The molecule has 48 heavy (non-hydrogen) atoms. The summed E-state index contributed by atoms with van der Waals surface area (Å²) < 4.78 is 37.7. The lowest BCUT2D eigenvalue weighted by atomic mass is 9.82. The fourth-order valence-electron chi connectivity index (χ4n) is 6.03. The summed E-state index contributed by atoms with van der Waals surface area (Å²) in [5.41, 5.74) is -1.76. The van der Waals surface area contributed by atoms with Crippen LogP contribution in [0.2, 0.25) is 0 Å². The first-order valence-electron chi connectivity index (χ1n) is 16.5. The lowest BCUT2D eigenvalue weighted by Gasteiger charge is -2.38. The molecule has 258 valence electrons. The second-order valence-electron chi connectivity index (χ2n) is 15.0. The van der Waals surface area contributed by atoms with Gasteiger partial charge >= 0.3 is 6.09 Å². The van der Waals surface area contributed by atoms with Crippen LogP contribution < -0.4 is 10.0 Å². The van der Waals surface area contributed by atoms with Crippen LogP contribution in [0.1, 0.15) is 90.5 Å². The van der Waals surface area contributed by atoms with Gasteiger partial charge in [-0.15, -0.1) is 4.72 Å². The molecule has 11 heteroatoms. The second-order valence-corrected chi connectivity index (χ2v) is 17.0. The average molecular weight is 679 g/mol. The minimum absolute atomic E-state index is 0.105. The monoisotopic (exact) mass is 678 g/mol. The number of halogens is 1. The van der Waals surface area contributed by atoms with Gasteiger partial charge in [0.25, 0.3) is 0 Å². The van der Waals surface area contributed by atoms with Gasteiger partial charge in [-0.25, -0.2) is 9.18 Å². The van der Waals surface area contributed by atoms with Crippen molar-refractivity contribution >= 4 is 29.0 Å². The van der Waals surface area contributed by atoms with E-state index in [9.17, 15) is 19.2 Å². The summed E-state index contributed by atoms with van der Waals surface area (Å²) in [7, 11) is 0. The van der Waals surface area contributed by atoms with Crippen molar-refractivity contribution in [1.29, 1.82) is 0 Å². The number of benzene rings is 2. The molecule has 2 heterocycles. The van der Waals surface area contributed by atoms with Crippen molar-refractivity contribution in [1.82, 2.24) is 14.6 Å². The highest BCUT2D eigenvalue weighted by molar-refractivity contribution is 7.90. The lowest BCUT2D eigenvalue weighted by molar-refractivity contribution is -0.120. The van der Waals surface area contributed by atoms with E-state index in [0.717, 1.165) is 19.3 Å². The highest BCUT2D eigenvalue weighted by Gasteiger charge is 2.50. The molecule has 2 aromatic carbocycles. The number of β-amino-alcohol motifs (C(OH)–C–C–N with tert-alkyl or cyclic N) is 1. The number of anilines is 1. The zero-order valence-electron chi connectivity index (χ0n) is 28.6. The Bertz CT molecular complexity index is 1590. The van der Waals surface area contributed by atoms with Crippen LogP contribution >= 0.6 is 0 Å². The van der Waals surface area contributed by atoms with Crippen molar-refractivity contribution in [2.24, 2.45) is 5.92 Å². The minimum atomic E-state index is -1.53. The molecular formula is C37H47FN4O5S. The predicted octanol–water partition coefficient (Wildman–Crippen LogP) is 6.54. The van der Waals surface area contributed by atoms with Gasteiger partial charge in [0.05, 0.1) is 17.9 Å². The molecule has 3 aromatic rings. The van der Waals surface area contributed by atoms with Gasteiger partial charge in [0, 0.05) is 24.0 Å². The van der Waals surface area contributed by atoms with Gasteiger partial charge < -0.3 is 19.7 Å². The molecule has 0 spiro atoms. The van der Waals surface area contributed by atoms with E-state index in [4.69, 9.17) is 4.74 Å². The van der Waals surface area contributed by atoms with E-state index in [1.165, 1.54) is 11.0 Å². The summed E-state index contributed by atoms with van der Waals surface area (Å²) in [4.78, 5) is 33.3. The molecule has 0 bridgehead atoms. The number of nitrogens with zero attached hydrogens (tertiary/aromatic N) is 2. The Morgan fingerprint density at radius 2 is 1.75 bits per heavy atom. The van der Waals surface area contributed by atoms with Crippen LogP contribution in [-0.2, 0) is 32.0 Å². The van der Waals surface area contributed by atoms with Crippen LogP contribution in [0.4, 0.5) is 14.9 Å². The number of rotatable bonds is 10. The number of ether oxygens (including phenoxy) is 1. The molecule has 1 saturated heterocycles. The molecule has 9 nitrogen and oxygen atoms in total. The lowest BCUT2D eigenvalue weighted by Crippen LogP contribution is -2.52. The third-order valence-electron chi connectivity index (χ3n) is 8.85. The zero-order chi connectivity index (χ0) is 34.9. The van der Waals surface area contributed by atoms with Gasteiger partial charge in [0.1, 0.15) is 33.3 Å². The van der Waals surface area contributed by atoms with E-state index in [2.05, 4.69) is 15.0 Å². The Hall–Kier alpha value is -3.51. The Morgan fingerprint density at radius 1 is 1.06 bits per heavy atom. The first kappa shape index (κ1) is 35.8. The molecule has 1 aliphatic carbocycles. The number of likely N-dealkylation sites (tertiary alicyclic amines) is 1. The number of aliphatic hydroxyl groups is 1. The largest absolute Gasteiger partial charge is 0.598 e. The van der Waals surface area contributed by atoms with Gasteiger partial charge in [0.2, 0.25) is 5.91 Å². The number of pyridine rings is 1. The molecule has 3 N–H and O–H groups in total. The van der Waals surface area contributed by atoms with E-state index >= 15 is 4.39 Å². The fourth-order valence-corrected chi connectivity index (χ4v) is 6.98. The van der Waals surface area contributed by atoms with Crippen molar-refractivity contribution in [3.63, 3.8) is 0 Å². The third kappa shape index (κ3) is 8.19. The summed E-state index contributed by atoms with van der Waals surface area (Å²) in [6.07, 6.45) is 4.44. The van der Waals surface area contributed by atoms with E-state index in [0.29, 0.717) is 29.2 Å². The van der Waals surface area contributed by atoms with Crippen molar-refractivity contribution in [2.75, 3.05) is 11.9 Å². The number of amides is 2. The van der Waals surface area contributed by atoms with Crippen molar-refractivity contribution < 1.29 is 28.4 Å². The maximum Gasteiger partial charge on any atom is 0.411 e. The molecule has 0 radical (unpaired) electrons. The van der Waals surface area contributed by atoms with Crippen LogP contribution in [-0.4, -0.2) is 54.5 Å². The highest BCUT2D eigenvalue weighted by Crippen LogP contribution is 2.43.